The number of carbonyl (C=O) groups excluding carboxylic acids is 1. The summed E-state index contributed by atoms with van der Waals surface area (Å²) in [5.74, 6) is 1.18. The first kappa shape index (κ1) is 11.3. The third-order valence-corrected chi connectivity index (χ3v) is 3.12. The number of methoxy groups -OCH3 is 1. The Labute approximate surface area is 99.3 Å². The van der Waals surface area contributed by atoms with Crippen LogP contribution in [0.15, 0.2) is 6.07 Å². The van der Waals surface area contributed by atoms with E-state index in [-0.39, 0.29) is 11.9 Å². The Kier molecular flexibility index (Phi) is 2.80. The maximum Gasteiger partial charge on any atom is 0.166 e. The largest absolute Gasteiger partial charge is 0.493 e. The molecule has 3 nitrogen and oxygen atoms in total. The number of ketones is 1. The zero-order valence-corrected chi connectivity index (χ0v) is 10.2. The zero-order valence-electron chi connectivity index (χ0n) is 9.46. The molecular weight excluding hydrogens is 228 g/mol. The number of rotatable bonds is 2. The fourth-order valence-electron chi connectivity index (χ4n) is 1.92. The quantitative estimate of drug-likeness (QED) is 0.746. The molecule has 1 heterocycles. The van der Waals surface area contributed by atoms with Gasteiger partial charge in [0.05, 0.1) is 12.1 Å². The highest BCUT2D eigenvalue weighted by Crippen LogP contribution is 2.43. The third-order valence-electron chi connectivity index (χ3n) is 2.68. The van der Waals surface area contributed by atoms with Crippen LogP contribution in [0.3, 0.4) is 0 Å². The Morgan fingerprint density at radius 2 is 2.31 bits per heavy atom. The maximum absolute atomic E-state index is 11.4. The van der Waals surface area contributed by atoms with E-state index in [4.69, 9.17) is 21.1 Å². The van der Waals surface area contributed by atoms with Crippen LogP contribution in [0.1, 0.15) is 29.8 Å². The summed E-state index contributed by atoms with van der Waals surface area (Å²) in [5, 5.41) is 0.493. The summed E-state index contributed by atoms with van der Waals surface area (Å²) in [5.41, 5.74) is 1.37. The van der Waals surface area contributed by atoms with Crippen LogP contribution >= 0.6 is 11.6 Å². The fourth-order valence-corrected chi connectivity index (χ4v) is 2.27. The minimum absolute atomic E-state index is 0.0642. The van der Waals surface area contributed by atoms with Gasteiger partial charge in [0, 0.05) is 17.5 Å². The second-order valence-electron chi connectivity index (χ2n) is 3.94. The van der Waals surface area contributed by atoms with Gasteiger partial charge >= 0.3 is 0 Å². The molecule has 0 aliphatic carbocycles. The molecule has 0 radical (unpaired) electrons. The number of benzene rings is 1. The van der Waals surface area contributed by atoms with Gasteiger partial charge in [-0.3, -0.25) is 4.79 Å². The Hall–Kier alpha value is -1.22. The molecule has 0 fully saturated rings. The van der Waals surface area contributed by atoms with Crippen molar-refractivity contribution in [1.82, 2.24) is 0 Å². The van der Waals surface area contributed by atoms with Crippen molar-refractivity contribution in [2.75, 3.05) is 7.11 Å². The molecule has 0 saturated heterocycles. The van der Waals surface area contributed by atoms with E-state index >= 15 is 0 Å². The van der Waals surface area contributed by atoms with Crippen LogP contribution < -0.4 is 9.47 Å². The first-order valence-electron chi connectivity index (χ1n) is 5.11. The predicted molar refractivity (Wildman–Crippen MR) is 61.8 cm³/mol. The van der Waals surface area contributed by atoms with Crippen molar-refractivity contribution in [1.29, 1.82) is 0 Å². The summed E-state index contributed by atoms with van der Waals surface area (Å²) in [6.45, 7) is 3.45. The average Bonchev–Trinajstić information content (AvgIpc) is 2.60. The number of ether oxygens (including phenoxy) is 2. The lowest BCUT2D eigenvalue weighted by Gasteiger charge is -2.11. The number of hydrogen-bond donors (Lipinski definition) is 0. The van der Waals surface area contributed by atoms with E-state index in [1.807, 2.05) is 6.92 Å². The van der Waals surface area contributed by atoms with Crippen molar-refractivity contribution < 1.29 is 14.3 Å². The van der Waals surface area contributed by atoms with Crippen LogP contribution in [-0.2, 0) is 6.42 Å². The minimum atomic E-state index is -0.0642. The molecule has 0 bridgehead atoms. The number of Topliss-reactive ketones (excluding diaryl/α,β-unsaturated/α-hetero) is 1. The van der Waals surface area contributed by atoms with E-state index in [0.29, 0.717) is 28.5 Å². The van der Waals surface area contributed by atoms with Crippen molar-refractivity contribution in [3.63, 3.8) is 0 Å². The van der Waals surface area contributed by atoms with E-state index in [0.717, 1.165) is 5.56 Å². The topological polar surface area (TPSA) is 35.5 Å². The molecule has 2 rings (SSSR count). The van der Waals surface area contributed by atoms with Gasteiger partial charge in [0.1, 0.15) is 6.10 Å². The molecule has 4 heteroatoms. The number of halogens is 1. The summed E-state index contributed by atoms with van der Waals surface area (Å²) in [6, 6.07) is 1.64. The summed E-state index contributed by atoms with van der Waals surface area (Å²) in [4.78, 5) is 11.4. The SMILES string of the molecule is COc1cc(C(C)=O)c(Cl)c2c1OC(C)C2. The lowest BCUT2D eigenvalue weighted by atomic mass is 10.0. The second-order valence-corrected chi connectivity index (χ2v) is 4.31. The van der Waals surface area contributed by atoms with Crippen molar-refractivity contribution in [3.05, 3.63) is 22.2 Å². The molecule has 1 atom stereocenters. The van der Waals surface area contributed by atoms with Crippen LogP contribution in [0.2, 0.25) is 5.02 Å². The van der Waals surface area contributed by atoms with Gasteiger partial charge in [0.2, 0.25) is 0 Å². The third kappa shape index (κ3) is 1.65. The molecule has 0 spiro atoms. The molecule has 16 heavy (non-hydrogen) atoms. The molecule has 0 N–H and O–H groups in total. The molecule has 86 valence electrons. The highest BCUT2D eigenvalue weighted by Gasteiger charge is 2.28. The summed E-state index contributed by atoms with van der Waals surface area (Å²) in [6.07, 6.45) is 0.787. The smallest absolute Gasteiger partial charge is 0.166 e. The Morgan fingerprint density at radius 1 is 1.62 bits per heavy atom. The average molecular weight is 241 g/mol. The monoisotopic (exact) mass is 240 g/mol. The van der Waals surface area contributed by atoms with E-state index in [1.165, 1.54) is 6.92 Å². The summed E-state index contributed by atoms with van der Waals surface area (Å²) < 4.78 is 10.8. The fraction of sp³-hybridized carbons (Fsp3) is 0.417. The molecule has 1 aromatic carbocycles. The standard InChI is InChI=1S/C12H13ClO3/c1-6-4-9-11(13)8(7(2)14)5-10(15-3)12(9)16-6/h5-6H,4H2,1-3H3. The van der Waals surface area contributed by atoms with Gasteiger partial charge in [-0.25, -0.2) is 0 Å². The van der Waals surface area contributed by atoms with Crippen molar-refractivity contribution >= 4 is 17.4 Å². The van der Waals surface area contributed by atoms with Gasteiger partial charge in [-0.2, -0.15) is 0 Å². The molecule has 0 amide bonds. The Balaban J connectivity index is 2.64. The second kappa shape index (κ2) is 3.98. The molecular formula is C12H13ClO3. The van der Waals surface area contributed by atoms with Gasteiger partial charge in [0.15, 0.2) is 17.3 Å². The number of carbonyl (C=O) groups is 1. The van der Waals surface area contributed by atoms with Crippen LogP contribution in [0.4, 0.5) is 0 Å². The molecule has 1 aliphatic heterocycles. The predicted octanol–water partition coefficient (Wildman–Crippen LogP) is 2.87. The minimum Gasteiger partial charge on any atom is -0.493 e. The first-order valence-corrected chi connectivity index (χ1v) is 5.49. The Bertz CT molecular complexity index is 454. The molecule has 0 saturated carbocycles. The first-order chi connectivity index (χ1) is 7.54. The lowest BCUT2D eigenvalue weighted by molar-refractivity contribution is 0.101. The molecule has 0 aromatic heterocycles. The van der Waals surface area contributed by atoms with Gasteiger partial charge in [0.25, 0.3) is 0 Å². The van der Waals surface area contributed by atoms with Gasteiger partial charge in [-0.1, -0.05) is 11.6 Å². The highest BCUT2D eigenvalue weighted by molar-refractivity contribution is 6.35. The highest BCUT2D eigenvalue weighted by atomic mass is 35.5. The lowest BCUT2D eigenvalue weighted by Crippen LogP contribution is -2.05. The van der Waals surface area contributed by atoms with Crippen LogP contribution in [0.25, 0.3) is 0 Å². The molecule has 1 aliphatic rings. The molecule has 1 unspecified atom stereocenters. The van der Waals surface area contributed by atoms with Crippen LogP contribution in [-0.4, -0.2) is 19.0 Å². The number of fused-ring (bicyclic) bond motifs is 1. The van der Waals surface area contributed by atoms with Crippen molar-refractivity contribution in [2.24, 2.45) is 0 Å². The van der Waals surface area contributed by atoms with Gasteiger partial charge in [-0.05, 0) is 19.9 Å². The summed E-state index contributed by atoms with van der Waals surface area (Å²) >= 11 is 6.19. The summed E-state index contributed by atoms with van der Waals surface area (Å²) in [7, 11) is 1.56. The number of hydrogen-bond acceptors (Lipinski definition) is 3. The van der Waals surface area contributed by atoms with E-state index in [2.05, 4.69) is 0 Å². The van der Waals surface area contributed by atoms with E-state index in [9.17, 15) is 4.79 Å². The van der Waals surface area contributed by atoms with E-state index in [1.54, 1.807) is 13.2 Å². The van der Waals surface area contributed by atoms with Crippen molar-refractivity contribution in [3.8, 4) is 11.5 Å². The normalized spacial score (nSPS) is 17.9. The van der Waals surface area contributed by atoms with Crippen LogP contribution in [0.5, 0.6) is 11.5 Å². The molecule has 1 aromatic rings. The maximum atomic E-state index is 11.4. The van der Waals surface area contributed by atoms with Crippen LogP contribution in [0, 0.1) is 0 Å². The van der Waals surface area contributed by atoms with E-state index < -0.39 is 0 Å². The van der Waals surface area contributed by atoms with Gasteiger partial charge in [-0.15, -0.1) is 0 Å². The van der Waals surface area contributed by atoms with Crippen molar-refractivity contribution in [2.45, 2.75) is 26.4 Å². The Morgan fingerprint density at radius 3 is 2.88 bits per heavy atom. The van der Waals surface area contributed by atoms with Gasteiger partial charge < -0.3 is 9.47 Å². The zero-order chi connectivity index (χ0) is 11.9.